The predicted molar refractivity (Wildman–Crippen MR) is 73.4 cm³/mol. The highest BCUT2D eigenvalue weighted by Gasteiger charge is 2.20. The molecule has 17 heavy (non-hydrogen) atoms. The fourth-order valence-corrected chi connectivity index (χ4v) is 2.75. The summed E-state index contributed by atoms with van der Waals surface area (Å²) in [6.07, 6.45) is 5.62. The van der Waals surface area contributed by atoms with Gasteiger partial charge < -0.3 is 9.73 Å². The molecule has 1 aliphatic rings. The van der Waals surface area contributed by atoms with E-state index in [9.17, 15) is 0 Å². The first-order chi connectivity index (χ1) is 8.25. The van der Waals surface area contributed by atoms with E-state index in [0.717, 1.165) is 29.1 Å². The Morgan fingerprint density at radius 1 is 1.41 bits per heavy atom. The third kappa shape index (κ3) is 2.26. The normalized spacial score (nSPS) is 15.6. The molecule has 0 spiro atoms. The third-order valence-electron chi connectivity index (χ3n) is 3.35. The van der Waals surface area contributed by atoms with Crippen LogP contribution in [0.2, 0.25) is 0 Å². The summed E-state index contributed by atoms with van der Waals surface area (Å²) in [7, 11) is 0. The SMILES string of the molecule is Cc1ccc(Br)c2c(CCNC3CC3)coc12. The third-order valence-corrected chi connectivity index (χ3v) is 4.01. The number of hydrogen-bond donors (Lipinski definition) is 1. The second-order valence-corrected chi connectivity index (χ2v) is 5.66. The Balaban J connectivity index is 1.85. The maximum Gasteiger partial charge on any atom is 0.138 e. The monoisotopic (exact) mass is 293 g/mol. The molecule has 1 saturated carbocycles. The molecule has 2 aromatic rings. The topological polar surface area (TPSA) is 25.2 Å². The number of hydrogen-bond acceptors (Lipinski definition) is 2. The van der Waals surface area contributed by atoms with Gasteiger partial charge in [-0.2, -0.15) is 0 Å². The van der Waals surface area contributed by atoms with E-state index in [1.165, 1.54) is 29.4 Å². The van der Waals surface area contributed by atoms with Crippen LogP contribution in [0.5, 0.6) is 0 Å². The quantitative estimate of drug-likeness (QED) is 0.928. The Morgan fingerprint density at radius 3 is 3.00 bits per heavy atom. The van der Waals surface area contributed by atoms with Gasteiger partial charge in [0, 0.05) is 21.5 Å². The van der Waals surface area contributed by atoms with Crippen molar-refractivity contribution < 1.29 is 4.42 Å². The van der Waals surface area contributed by atoms with Crippen LogP contribution in [0.3, 0.4) is 0 Å². The van der Waals surface area contributed by atoms with E-state index < -0.39 is 0 Å². The first-order valence-corrected chi connectivity index (χ1v) is 6.93. The lowest BCUT2D eigenvalue weighted by Gasteiger charge is -2.02. The molecule has 0 saturated heterocycles. The summed E-state index contributed by atoms with van der Waals surface area (Å²) in [5, 5.41) is 4.78. The Morgan fingerprint density at radius 2 is 2.24 bits per heavy atom. The van der Waals surface area contributed by atoms with E-state index in [1.54, 1.807) is 0 Å². The minimum Gasteiger partial charge on any atom is -0.464 e. The molecule has 0 atom stereocenters. The summed E-state index contributed by atoms with van der Waals surface area (Å²) in [4.78, 5) is 0. The molecule has 1 heterocycles. The molecule has 1 aliphatic carbocycles. The molecule has 0 unspecified atom stereocenters. The standard InChI is InChI=1S/C14H16BrNO/c1-9-2-5-12(15)13-10(8-17-14(9)13)6-7-16-11-3-4-11/h2,5,8,11,16H,3-4,6-7H2,1H3. The molecule has 3 heteroatoms. The summed E-state index contributed by atoms with van der Waals surface area (Å²) >= 11 is 3.61. The lowest BCUT2D eigenvalue weighted by atomic mass is 10.1. The second-order valence-electron chi connectivity index (χ2n) is 4.81. The molecular formula is C14H16BrNO. The number of nitrogens with one attached hydrogen (secondary N) is 1. The van der Waals surface area contributed by atoms with Crippen molar-refractivity contribution in [1.82, 2.24) is 5.32 Å². The van der Waals surface area contributed by atoms with Gasteiger partial charge in [0.05, 0.1) is 6.26 Å². The van der Waals surface area contributed by atoms with Crippen LogP contribution in [0, 0.1) is 6.92 Å². The van der Waals surface area contributed by atoms with E-state index in [4.69, 9.17) is 4.42 Å². The van der Waals surface area contributed by atoms with Crippen molar-refractivity contribution in [3.8, 4) is 0 Å². The van der Waals surface area contributed by atoms with Crippen LogP contribution in [0.15, 0.2) is 27.3 Å². The number of benzene rings is 1. The smallest absolute Gasteiger partial charge is 0.138 e. The second kappa shape index (κ2) is 4.46. The molecule has 90 valence electrons. The molecule has 1 fully saturated rings. The molecule has 3 rings (SSSR count). The van der Waals surface area contributed by atoms with Crippen LogP contribution in [0.1, 0.15) is 24.0 Å². The minimum atomic E-state index is 0.776. The Hall–Kier alpha value is -0.800. The first-order valence-electron chi connectivity index (χ1n) is 6.14. The van der Waals surface area contributed by atoms with Crippen molar-refractivity contribution in [1.29, 1.82) is 0 Å². The summed E-state index contributed by atoms with van der Waals surface area (Å²) in [6.45, 7) is 3.13. The summed E-state index contributed by atoms with van der Waals surface area (Å²) in [6, 6.07) is 4.96. The van der Waals surface area contributed by atoms with Gasteiger partial charge in [-0.15, -0.1) is 0 Å². The summed E-state index contributed by atoms with van der Waals surface area (Å²) < 4.78 is 6.81. The Labute approximate surface area is 110 Å². The predicted octanol–water partition coefficient (Wildman–Crippen LogP) is 3.80. The number of aryl methyl sites for hydroxylation is 1. The van der Waals surface area contributed by atoms with E-state index in [-0.39, 0.29) is 0 Å². The molecule has 1 aromatic carbocycles. The van der Waals surface area contributed by atoms with Gasteiger partial charge in [0.25, 0.3) is 0 Å². The average molecular weight is 294 g/mol. The van der Waals surface area contributed by atoms with Crippen LogP contribution in [-0.2, 0) is 6.42 Å². The lowest BCUT2D eigenvalue weighted by Crippen LogP contribution is -2.19. The highest BCUT2D eigenvalue weighted by Crippen LogP contribution is 2.31. The van der Waals surface area contributed by atoms with Crippen LogP contribution < -0.4 is 5.32 Å². The van der Waals surface area contributed by atoms with E-state index in [2.05, 4.69) is 40.3 Å². The van der Waals surface area contributed by atoms with Gasteiger partial charge in [0.2, 0.25) is 0 Å². The zero-order valence-electron chi connectivity index (χ0n) is 9.92. The molecule has 1 N–H and O–H groups in total. The van der Waals surface area contributed by atoms with Gasteiger partial charge in [0.15, 0.2) is 0 Å². The molecule has 0 radical (unpaired) electrons. The van der Waals surface area contributed by atoms with Gasteiger partial charge in [-0.3, -0.25) is 0 Å². The lowest BCUT2D eigenvalue weighted by molar-refractivity contribution is 0.603. The van der Waals surface area contributed by atoms with Gasteiger partial charge >= 0.3 is 0 Å². The summed E-state index contributed by atoms with van der Waals surface area (Å²) in [5.41, 5.74) is 3.51. The molecule has 1 aromatic heterocycles. The van der Waals surface area contributed by atoms with Gasteiger partial charge in [-0.05, 0) is 44.4 Å². The number of rotatable bonds is 4. The van der Waals surface area contributed by atoms with Crippen molar-refractivity contribution in [3.05, 3.63) is 34.0 Å². The van der Waals surface area contributed by atoms with E-state index in [1.807, 2.05) is 6.26 Å². The molecule has 2 nitrogen and oxygen atoms in total. The van der Waals surface area contributed by atoms with Gasteiger partial charge in [-0.25, -0.2) is 0 Å². The van der Waals surface area contributed by atoms with Gasteiger partial charge in [-0.1, -0.05) is 22.0 Å². The van der Waals surface area contributed by atoms with Crippen LogP contribution in [-0.4, -0.2) is 12.6 Å². The summed E-state index contributed by atoms with van der Waals surface area (Å²) in [5.74, 6) is 0. The fraction of sp³-hybridized carbons (Fsp3) is 0.429. The van der Waals surface area contributed by atoms with Crippen molar-refractivity contribution in [2.75, 3.05) is 6.54 Å². The minimum absolute atomic E-state index is 0.776. The largest absolute Gasteiger partial charge is 0.464 e. The van der Waals surface area contributed by atoms with E-state index >= 15 is 0 Å². The van der Waals surface area contributed by atoms with Crippen LogP contribution in [0.4, 0.5) is 0 Å². The van der Waals surface area contributed by atoms with Crippen LogP contribution >= 0.6 is 15.9 Å². The zero-order valence-corrected chi connectivity index (χ0v) is 11.5. The molecule has 0 aliphatic heterocycles. The average Bonchev–Trinajstić information content (AvgIpc) is 3.03. The van der Waals surface area contributed by atoms with Gasteiger partial charge in [0.1, 0.15) is 5.58 Å². The number of halogens is 1. The molecule has 0 bridgehead atoms. The number of fused-ring (bicyclic) bond motifs is 1. The zero-order chi connectivity index (χ0) is 11.8. The first kappa shape index (κ1) is 11.3. The maximum atomic E-state index is 5.68. The highest BCUT2D eigenvalue weighted by molar-refractivity contribution is 9.10. The Kier molecular flexibility index (Phi) is 2.97. The van der Waals surface area contributed by atoms with E-state index in [0.29, 0.717) is 0 Å². The van der Waals surface area contributed by atoms with Crippen molar-refractivity contribution in [2.45, 2.75) is 32.2 Å². The highest BCUT2D eigenvalue weighted by atomic mass is 79.9. The molecule has 0 amide bonds. The Bertz CT molecular complexity index is 542. The fourth-order valence-electron chi connectivity index (χ4n) is 2.19. The van der Waals surface area contributed by atoms with Crippen molar-refractivity contribution >= 4 is 26.9 Å². The van der Waals surface area contributed by atoms with Crippen molar-refractivity contribution in [2.24, 2.45) is 0 Å². The van der Waals surface area contributed by atoms with Crippen LogP contribution in [0.25, 0.3) is 11.0 Å². The maximum absolute atomic E-state index is 5.68. The van der Waals surface area contributed by atoms with Crippen molar-refractivity contribution in [3.63, 3.8) is 0 Å². The number of furan rings is 1. The molecular weight excluding hydrogens is 278 g/mol.